The Morgan fingerprint density at radius 3 is 1.65 bits per heavy atom. The second-order valence-electron chi connectivity index (χ2n) is 12.7. The number of amides is 1. The number of carbonyl (C=O) groups excluding carboxylic acids is 1. The van der Waals surface area contributed by atoms with Crippen molar-refractivity contribution in [1.29, 1.82) is 0 Å². The highest BCUT2D eigenvalue weighted by atomic mass is 19.1. The summed E-state index contributed by atoms with van der Waals surface area (Å²) in [7, 11) is 2.14. The molecular formula is C30H61FN4O5. The van der Waals surface area contributed by atoms with Gasteiger partial charge in [-0.1, -0.05) is 0 Å². The third-order valence-corrected chi connectivity index (χ3v) is 6.61. The molecule has 4 saturated heterocycles. The molecule has 0 saturated carbocycles. The molecule has 4 rings (SSSR count). The molecule has 40 heavy (non-hydrogen) atoms. The molecule has 238 valence electrons. The lowest BCUT2D eigenvalue weighted by molar-refractivity contribution is -0.119. The number of hydrogen-bond acceptors (Lipinski definition) is 8. The van der Waals surface area contributed by atoms with E-state index in [1.54, 1.807) is 0 Å². The second-order valence-corrected chi connectivity index (χ2v) is 12.7. The van der Waals surface area contributed by atoms with Crippen molar-refractivity contribution in [2.24, 2.45) is 11.8 Å². The van der Waals surface area contributed by atoms with E-state index in [0.29, 0.717) is 38.3 Å². The fourth-order valence-corrected chi connectivity index (χ4v) is 3.98. The van der Waals surface area contributed by atoms with Crippen molar-refractivity contribution in [3.63, 3.8) is 0 Å². The van der Waals surface area contributed by atoms with E-state index in [1.807, 2.05) is 27.7 Å². The summed E-state index contributed by atoms with van der Waals surface area (Å²) in [4.78, 5) is 13.0. The number of nitrogens with one attached hydrogen (secondary N) is 3. The van der Waals surface area contributed by atoms with Crippen LogP contribution in [0.2, 0.25) is 0 Å². The average Bonchev–Trinajstić information content (AvgIpc) is 3.22. The van der Waals surface area contributed by atoms with Gasteiger partial charge in [-0.25, -0.2) is 4.39 Å². The van der Waals surface area contributed by atoms with Gasteiger partial charge in [0.05, 0.1) is 56.9 Å². The van der Waals surface area contributed by atoms with Crippen LogP contribution in [0.1, 0.15) is 68.2 Å². The number of likely N-dealkylation sites (tertiary alicyclic amines) is 1. The monoisotopic (exact) mass is 576 g/mol. The molecule has 1 unspecified atom stereocenters. The Morgan fingerprint density at radius 1 is 0.800 bits per heavy atom. The second kappa shape index (κ2) is 20.1. The van der Waals surface area contributed by atoms with Crippen LogP contribution in [0.3, 0.4) is 0 Å². The minimum atomic E-state index is -1.08. The zero-order valence-electron chi connectivity index (χ0n) is 26.9. The van der Waals surface area contributed by atoms with E-state index in [9.17, 15) is 9.18 Å². The van der Waals surface area contributed by atoms with Crippen LogP contribution < -0.4 is 16.0 Å². The Morgan fingerprint density at radius 2 is 1.30 bits per heavy atom. The fraction of sp³-hybridized carbons (Fsp3) is 0.967. The fourth-order valence-electron chi connectivity index (χ4n) is 3.98. The first-order valence-corrected chi connectivity index (χ1v) is 15.3. The van der Waals surface area contributed by atoms with Gasteiger partial charge in [0.15, 0.2) is 5.67 Å². The summed E-state index contributed by atoms with van der Waals surface area (Å²) in [5.74, 6) is 1.74. The van der Waals surface area contributed by atoms with Crippen molar-refractivity contribution in [2.45, 2.75) is 104 Å². The zero-order chi connectivity index (χ0) is 30.1. The van der Waals surface area contributed by atoms with Crippen molar-refractivity contribution in [2.75, 3.05) is 72.7 Å². The molecule has 4 heterocycles. The lowest BCUT2D eigenvalue weighted by Gasteiger charge is -2.36. The molecule has 3 N–H and O–H groups in total. The first-order chi connectivity index (χ1) is 18.8. The molecule has 4 aliphatic rings. The quantitative estimate of drug-likeness (QED) is 0.327. The van der Waals surface area contributed by atoms with Gasteiger partial charge in [-0.3, -0.25) is 4.79 Å². The standard InChI is InChI=1S/C8H15NO2.C8H17NO.C7H14FNO.C7H15NO/c1-6(2)11-5-7-3-4-8(10)9-7;1-7(2)10-6-8-4-9(3)5-8;1-6(2)10-5-7(8)3-9-4-7;1-6(2)9-5-7-3-8-4-7/h6-7H,3-5H2,1-2H3,(H,9,10);7-8H,4-6H2,1-3H3;6,9H,3-5H2,1-2H3;6-8H,3-5H2,1-2H3. The summed E-state index contributed by atoms with van der Waals surface area (Å²) < 4.78 is 34.4. The number of ether oxygens (including phenoxy) is 4. The summed E-state index contributed by atoms with van der Waals surface area (Å²) in [6.07, 6.45) is 2.76. The van der Waals surface area contributed by atoms with Gasteiger partial charge < -0.3 is 39.8 Å². The molecule has 9 nitrogen and oxygen atoms in total. The predicted molar refractivity (Wildman–Crippen MR) is 160 cm³/mol. The average molecular weight is 577 g/mol. The van der Waals surface area contributed by atoms with E-state index in [1.165, 1.54) is 13.1 Å². The SMILES string of the molecule is CC(C)OCC1(F)CNC1.CC(C)OCC1CCC(=O)N1.CC(C)OCC1CN(C)C1.CC(C)OCC1CNC1. The predicted octanol–water partition coefficient (Wildman–Crippen LogP) is 3.02. The third kappa shape index (κ3) is 18.5. The molecule has 4 aliphatic heterocycles. The molecule has 0 bridgehead atoms. The molecule has 0 radical (unpaired) electrons. The van der Waals surface area contributed by atoms with Crippen molar-refractivity contribution in [3.05, 3.63) is 0 Å². The van der Waals surface area contributed by atoms with Gasteiger partial charge in [0.1, 0.15) is 0 Å². The Hall–Kier alpha value is -0.880. The molecule has 4 fully saturated rings. The zero-order valence-corrected chi connectivity index (χ0v) is 26.9. The highest BCUT2D eigenvalue weighted by Crippen LogP contribution is 2.17. The molecule has 0 aromatic carbocycles. The maximum atomic E-state index is 13.1. The van der Waals surface area contributed by atoms with E-state index in [0.717, 1.165) is 44.6 Å². The lowest BCUT2D eigenvalue weighted by Crippen LogP contribution is -2.59. The van der Waals surface area contributed by atoms with Gasteiger partial charge in [0.25, 0.3) is 0 Å². The molecule has 10 heteroatoms. The van der Waals surface area contributed by atoms with E-state index in [2.05, 4.69) is 55.6 Å². The summed E-state index contributed by atoms with van der Waals surface area (Å²) in [5.41, 5.74) is -1.08. The van der Waals surface area contributed by atoms with Crippen molar-refractivity contribution in [3.8, 4) is 0 Å². The van der Waals surface area contributed by atoms with Crippen LogP contribution in [0.5, 0.6) is 0 Å². The molecule has 0 aromatic heterocycles. The van der Waals surface area contributed by atoms with Crippen LogP contribution in [-0.4, -0.2) is 120 Å². The molecular weight excluding hydrogens is 515 g/mol. The van der Waals surface area contributed by atoms with Gasteiger partial charge in [0.2, 0.25) is 5.91 Å². The van der Waals surface area contributed by atoms with Crippen LogP contribution in [0.15, 0.2) is 0 Å². The highest BCUT2D eigenvalue weighted by molar-refractivity contribution is 5.78. The summed E-state index contributed by atoms with van der Waals surface area (Å²) in [6.45, 7) is 24.5. The van der Waals surface area contributed by atoms with Gasteiger partial charge in [-0.15, -0.1) is 0 Å². The first kappa shape index (κ1) is 37.1. The minimum Gasteiger partial charge on any atom is -0.378 e. The largest absolute Gasteiger partial charge is 0.378 e. The topological polar surface area (TPSA) is 93.3 Å². The van der Waals surface area contributed by atoms with E-state index in [-0.39, 0.29) is 30.8 Å². The van der Waals surface area contributed by atoms with Crippen LogP contribution in [-0.2, 0) is 23.7 Å². The van der Waals surface area contributed by atoms with Crippen LogP contribution >= 0.6 is 0 Å². The highest BCUT2D eigenvalue weighted by Gasteiger charge is 2.37. The number of alkyl halides is 1. The molecule has 0 aliphatic carbocycles. The summed E-state index contributed by atoms with van der Waals surface area (Å²) in [5, 5.41) is 8.92. The number of nitrogens with zero attached hydrogens (tertiary/aromatic N) is 1. The Bertz CT molecular complexity index is 654. The van der Waals surface area contributed by atoms with E-state index in [4.69, 9.17) is 18.9 Å². The minimum absolute atomic E-state index is 0.133. The number of hydrogen-bond donors (Lipinski definition) is 3. The van der Waals surface area contributed by atoms with Gasteiger partial charge in [-0.05, 0) is 68.9 Å². The van der Waals surface area contributed by atoms with Crippen molar-refractivity contribution < 1.29 is 28.1 Å². The van der Waals surface area contributed by atoms with Crippen LogP contribution in [0, 0.1) is 11.8 Å². The van der Waals surface area contributed by atoms with Crippen molar-refractivity contribution in [1.82, 2.24) is 20.9 Å². The normalized spacial score (nSPS) is 22.4. The smallest absolute Gasteiger partial charge is 0.220 e. The van der Waals surface area contributed by atoms with Gasteiger partial charge in [0, 0.05) is 57.5 Å². The molecule has 0 spiro atoms. The van der Waals surface area contributed by atoms with Gasteiger partial charge >= 0.3 is 0 Å². The Balaban J connectivity index is 0.000000267. The maximum absolute atomic E-state index is 13.1. The first-order valence-electron chi connectivity index (χ1n) is 15.3. The van der Waals surface area contributed by atoms with Crippen molar-refractivity contribution >= 4 is 5.91 Å². The Labute approximate surface area is 244 Å². The maximum Gasteiger partial charge on any atom is 0.220 e. The summed E-state index contributed by atoms with van der Waals surface area (Å²) >= 11 is 0. The van der Waals surface area contributed by atoms with Crippen LogP contribution in [0.25, 0.3) is 0 Å². The number of carbonyl (C=O) groups is 1. The van der Waals surface area contributed by atoms with E-state index < -0.39 is 5.67 Å². The summed E-state index contributed by atoms with van der Waals surface area (Å²) in [6, 6.07) is 0.255. The van der Waals surface area contributed by atoms with E-state index >= 15 is 0 Å². The third-order valence-electron chi connectivity index (χ3n) is 6.61. The Kier molecular flexibility index (Phi) is 18.7. The molecule has 1 atom stereocenters. The lowest BCUT2D eigenvalue weighted by atomic mass is 10.0. The molecule has 0 aromatic rings. The number of rotatable bonds is 12. The van der Waals surface area contributed by atoms with Crippen LogP contribution in [0.4, 0.5) is 4.39 Å². The number of halogens is 1. The molecule has 1 amide bonds. The van der Waals surface area contributed by atoms with Gasteiger partial charge in [-0.2, -0.15) is 0 Å².